The lowest BCUT2D eigenvalue weighted by atomic mass is 9.48. The van der Waals surface area contributed by atoms with Crippen LogP contribution in [0.2, 0.25) is 5.02 Å². The molecule has 1 N–H and O–H groups in total. The minimum absolute atomic E-state index is 0.0590. The van der Waals surface area contributed by atoms with Gasteiger partial charge < -0.3 is 5.32 Å². The summed E-state index contributed by atoms with van der Waals surface area (Å²) in [6, 6.07) is 4.07. The van der Waals surface area contributed by atoms with Crippen molar-refractivity contribution in [3.05, 3.63) is 38.9 Å². The quantitative estimate of drug-likeness (QED) is 0.629. The molecule has 5 rings (SSSR count). The molecular weight excluding hydrogens is 340 g/mol. The zero-order chi connectivity index (χ0) is 17.8. The molecule has 0 heterocycles. The van der Waals surface area contributed by atoms with Crippen LogP contribution in [0.15, 0.2) is 18.2 Å². The fourth-order valence-corrected chi connectivity index (χ4v) is 6.14. The lowest BCUT2D eigenvalue weighted by molar-refractivity contribution is -0.384. The molecule has 4 aliphatic carbocycles. The van der Waals surface area contributed by atoms with E-state index in [9.17, 15) is 14.9 Å². The largest absolute Gasteiger partial charge is 0.349 e. The highest BCUT2D eigenvalue weighted by Gasteiger charge is 2.53. The third kappa shape index (κ3) is 2.92. The van der Waals surface area contributed by atoms with Gasteiger partial charge in [-0.25, -0.2) is 0 Å². The normalized spacial score (nSPS) is 33.9. The Morgan fingerprint density at radius 2 is 1.80 bits per heavy atom. The van der Waals surface area contributed by atoms with Crippen LogP contribution >= 0.6 is 11.6 Å². The number of non-ortho nitro benzene ring substituents is 1. The molecular formula is C19H23ClN2O3. The van der Waals surface area contributed by atoms with Gasteiger partial charge in [0.1, 0.15) is 0 Å². The Kier molecular flexibility index (Phi) is 4.02. The van der Waals surface area contributed by atoms with Crippen molar-refractivity contribution in [2.24, 2.45) is 23.2 Å². The second-order valence-corrected chi connectivity index (χ2v) is 8.80. The van der Waals surface area contributed by atoms with E-state index < -0.39 is 4.92 Å². The first kappa shape index (κ1) is 16.8. The van der Waals surface area contributed by atoms with Gasteiger partial charge in [-0.15, -0.1) is 0 Å². The van der Waals surface area contributed by atoms with E-state index >= 15 is 0 Å². The van der Waals surface area contributed by atoms with Gasteiger partial charge in [0.2, 0.25) is 0 Å². The molecule has 1 aromatic carbocycles. The Labute approximate surface area is 152 Å². The predicted octanol–water partition coefficient (Wildman–Crippen LogP) is 4.58. The second kappa shape index (κ2) is 5.97. The number of carbonyl (C=O) groups excluding carboxylic acids is 1. The van der Waals surface area contributed by atoms with Crippen molar-refractivity contribution in [3.8, 4) is 0 Å². The van der Waals surface area contributed by atoms with Gasteiger partial charge in [0, 0.05) is 18.2 Å². The van der Waals surface area contributed by atoms with E-state index in [-0.39, 0.29) is 33.6 Å². The second-order valence-electron chi connectivity index (χ2n) is 8.40. The summed E-state index contributed by atoms with van der Waals surface area (Å²) in [5.41, 5.74) is 0.266. The highest BCUT2D eigenvalue weighted by atomic mass is 35.5. The number of halogens is 1. The maximum absolute atomic E-state index is 12.7. The average molecular weight is 363 g/mol. The number of rotatable bonds is 4. The molecule has 0 saturated heterocycles. The number of benzene rings is 1. The molecule has 25 heavy (non-hydrogen) atoms. The van der Waals surface area contributed by atoms with E-state index in [0.29, 0.717) is 0 Å². The van der Waals surface area contributed by atoms with Crippen molar-refractivity contribution in [2.45, 2.75) is 51.5 Å². The zero-order valence-electron chi connectivity index (χ0n) is 14.3. The van der Waals surface area contributed by atoms with Crippen LogP contribution < -0.4 is 5.32 Å². The molecule has 0 radical (unpaired) electrons. The summed E-state index contributed by atoms with van der Waals surface area (Å²) in [5, 5.41) is 14.3. The number of hydrogen-bond acceptors (Lipinski definition) is 3. The molecule has 1 aromatic rings. The fourth-order valence-electron chi connectivity index (χ4n) is 5.94. The van der Waals surface area contributed by atoms with Crippen molar-refractivity contribution in [1.82, 2.24) is 5.32 Å². The van der Waals surface area contributed by atoms with Crippen LogP contribution in [0.5, 0.6) is 0 Å². The number of nitro benzene ring substituents is 1. The molecule has 4 bridgehead atoms. The Hall–Kier alpha value is -1.62. The SMILES string of the molecule is C[C@H](NC(=O)c1cc([N+](=O)[O-])ccc1Cl)C12CC3CC(CC(C3)C1)C2. The molecule has 6 heteroatoms. The molecule has 4 fully saturated rings. The van der Waals surface area contributed by atoms with Crippen LogP contribution in [0, 0.1) is 33.3 Å². The van der Waals surface area contributed by atoms with Gasteiger partial charge >= 0.3 is 0 Å². The predicted molar refractivity (Wildman–Crippen MR) is 95.6 cm³/mol. The first-order valence-corrected chi connectivity index (χ1v) is 9.49. The number of hydrogen-bond donors (Lipinski definition) is 1. The lowest BCUT2D eigenvalue weighted by Crippen LogP contribution is -2.55. The molecule has 4 aliphatic rings. The van der Waals surface area contributed by atoms with Gasteiger partial charge in [0.25, 0.3) is 11.6 Å². The molecule has 5 nitrogen and oxygen atoms in total. The van der Waals surface area contributed by atoms with Crippen LogP contribution in [-0.4, -0.2) is 16.9 Å². The highest BCUT2D eigenvalue weighted by molar-refractivity contribution is 6.33. The van der Waals surface area contributed by atoms with E-state index in [4.69, 9.17) is 11.6 Å². The number of nitrogens with zero attached hydrogens (tertiary/aromatic N) is 1. The monoisotopic (exact) mass is 362 g/mol. The minimum Gasteiger partial charge on any atom is -0.349 e. The van der Waals surface area contributed by atoms with E-state index in [1.807, 2.05) is 0 Å². The number of nitrogens with one attached hydrogen (secondary N) is 1. The zero-order valence-corrected chi connectivity index (χ0v) is 15.1. The van der Waals surface area contributed by atoms with Gasteiger partial charge in [-0.3, -0.25) is 14.9 Å². The van der Waals surface area contributed by atoms with Crippen molar-refractivity contribution in [2.75, 3.05) is 0 Å². The highest BCUT2D eigenvalue weighted by Crippen LogP contribution is 2.61. The molecule has 4 saturated carbocycles. The maximum atomic E-state index is 12.7. The summed E-state index contributed by atoms with van der Waals surface area (Å²) in [7, 11) is 0. The molecule has 1 amide bonds. The maximum Gasteiger partial charge on any atom is 0.270 e. The smallest absolute Gasteiger partial charge is 0.270 e. The first-order valence-electron chi connectivity index (χ1n) is 9.11. The number of amides is 1. The van der Waals surface area contributed by atoms with Crippen molar-refractivity contribution in [1.29, 1.82) is 0 Å². The lowest BCUT2D eigenvalue weighted by Gasteiger charge is -2.59. The Morgan fingerprint density at radius 3 is 2.32 bits per heavy atom. The third-order valence-corrected chi connectivity index (χ3v) is 7.09. The van der Waals surface area contributed by atoms with E-state index in [1.165, 1.54) is 56.7 Å². The van der Waals surface area contributed by atoms with E-state index in [2.05, 4.69) is 12.2 Å². The van der Waals surface area contributed by atoms with Gasteiger partial charge in [-0.1, -0.05) is 11.6 Å². The summed E-state index contributed by atoms with van der Waals surface area (Å²) in [5.74, 6) is 2.13. The summed E-state index contributed by atoms with van der Waals surface area (Å²) in [4.78, 5) is 23.2. The van der Waals surface area contributed by atoms with E-state index in [1.54, 1.807) is 0 Å². The third-order valence-electron chi connectivity index (χ3n) is 6.76. The van der Waals surface area contributed by atoms with Crippen LogP contribution in [0.3, 0.4) is 0 Å². The summed E-state index contributed by atoms with van der Waals surface area (Å²) >= 11 is 6.11. The number of carbonyl (C=O) groups is 1. The summed E-state index contributed by atoms with van der Waals surface area (Å²) < 4.78 is 0. The molecule has 0 unspecified atom stereocenters. The van der Waals surface area contributed by atoms with Crippen LogP contribution in [-0.2, 0) is 0 Å². The summed E-state index contributed by atoms with van der Waals surface area (Å²) in [6.45, 7) is 2.09. The van der Waals surface area contributed by atoms with Crippen molar-refractivity contribution >= 4 is 23.2 Å². The molecule has 134 valence electrons. The van der Waals surface area contributed by atoms with Crippen molar-refractivity contribution < 1.29 is 9.72 Å². The van der Waals surface area contributed by atoms with Crippen LogP contribution in [0.4, 0.5) is 5.69 Å². The van der Waals surface area contributed by atoms with Gasteiger partial charge in [-0.05, 0) is 74.7 Å². The summed E-state index contributed by atoms with van der Waals surface area (Å²) in [6.07, 6.45) is 7.67. The van der Waals surface area contributed by atoms with E-state index in [0.717, 1.165) is 17.8 Å². The van der Waals surface area contributed by atoms with Crippen LogP contribution in [0.25, 0.3) is 0 Å². The molecule has 0 aromatic heterocycles. The molecule has 0 aliphatic heterocycles. The fraction of sp³-hybridized carbons (Fsp3) is 0.632. The minimum atomic E-state index is -0.504. The average Bonchev–Trinajstić information content (AvgIpc) is 2.53. The van der Waals surface area contributed by atoms with Gasteiger partial charge in [-0.2, -0.15) is 0 Å². The van der Waals surface area contributed by atoms with Crippen molar-refractivity contribution in [3.63, 3.8) is 0 Å². The molecule has 0 spiro atoms. The molecule has 1 atom stereocenters. The Morgan fingerprint density at radius 1 is 1.24 bits per heavy atom. The van der Waals surface area contributed by atoms with Gasteiger partial charge in [0.15, 0.2) is 0 Å². The Balaban J connectivity index is 1.53. The topological polar surface area (TPSA) is 72.2 Å². The Bertz CT molecular complexity index is 698. The standard InChI is InChI=1S/C19H23ClN2O3/c1-11(19-8-12-4-13(9-19)6-14(5-12)10-19)21-18(23)16-7-15(22(24)25)2-3-17(16)20/h2-3,7,11-14H,4-6,8-10H2,1H3,(H,21,23)/t11-,12?,13?,14?,19?/m0/s1. The first-order chi connectivity index (χ1) is 11.9. The number of nitro groups is 1. The van der Waals surface area contributed by atoms with Crippen LogP contribution in [0.1, 0.15) is 55.8 Å². The van der Waals surface area contributed by atoms with Gasteiger partial charge in [0.05, 0.1) is 15.5 Å².